The summed E-state index contributed by atoms with van der Waals surface area (Å²) in [7, 11) is 0. The van der Waals surface area contributed by atoms with Gasteiger partial charge in [0.05, 0.1) is 12.2 Å². The number of nitrogens with one attached hydrogen (secondary N) is 2. The second kappa shape index (κ2) is 8.68. The van der Waals surface area contributed by atoms with E-state index in [1.165, 1.54) is 4.88 Å². The van der Waals surface area contributed by atoms with Crippen molar-refractivity contribution in [3.8, 4) is 0 Å². The SMILES string of the molecule is CCOC(=O)c1c(C)[nH]c(CCC(=O)NCCc2cccs2)c1C. The first kappa shape index (κ1) is 18.3. The Morgan fingerprint density at radius 3 is 2.75 bits per heavy atom. The summed E-state index contributed by atoms with van der Waals surface area (Å²) < 4.78 is 5.08. The van der Waals surface area contributed by atoms with Crippen LogP contribution in [0.2, 0.25) is 0 Å². The van der Waals surface area contributed by atoms with Crippen LogP contribution in [-0.2, 0) is 22.4 Å². The van der Waals surface area contributed by atoms with Gasteiger partial charge in [0, 0.05) is 29.2 Å². The molecule has 2 aromatic heterocycles. The number of ether oxygens (including phenoxy) is 1. The van der Waals surface area contributed by atoms with Crippen molar-refractivity contribution in [3.05, 3.63) is 44.9 Å². The zero-order valence-electron chi connectivity index (χ0n) is 14.4. The van der Waals surface area contributed by atoms with Gasteiger partial charge in [0.1, 0.15) is 0 Å². The van der Waals surface area contributed by atoms with E-state index in [0.29, 0.717) is 31.6 Å². The Kier molecular flexibility index (Phi) is 6.61. The number of hydrogen-bond donors (Lipinski definition) is 2. The minimum Gasteiger partial charge on any atom is -0.462 e. The predicted molar refractivity (Wildman–Crippen MR) is 95.6 cm³/mol. The molecule has 0 saturated heterocycles. The van der Waals surface area contributed by atoms with Gasteiger partial charge in [-0.2, -0.15) is 0 Å². The average Bonchev–Trinajstić information content (AvgIpc) is 3.14. The van der Waals surface area contributed by atoms with E-state index in [1.54, 1.807) is 18.3 Å². The number of H-pyrrole nitrogens is 1. The monoisotopic (exact) mass is 348 g/mol. The molecule has 0 aliphatic carbocycles. The highest BCUT2D eigenvalue weighted by Crippen LogP contribution is 2.20. The van der Waals surface area contributed by atoms with Gasteiger partial charge < -0.3 is 15.0 Å². The Hall–Kier alpha value is -2.08. The molecule has 5 nitrogen and oxygen atoms in total. The molecule has 0 atom stereocenters. The van der Waals surface area contributed by atoms with Crippen molar-refractivity contribution in [2.75, 3.05) is 13.2 Å². The summed E-state index contributed by atoms with van der Waals surface area (Å²) >= 11 is 1.70. The second-order valence-corrected chi connectivity index (χ2v) is 6.66. The van der Waals surface area contributed by atoms with Gasteiger partial charge in [0.15, 0.2) is 0 Å². The molecular formula is C18H24N2O3S. The summed E-state index contributed by atoms with van der Waals surface area (Å²) in [6, 6.07) is 4.08. The molecule has 24 heavy (non-hydrogen) atoms. The number of aryl methyl sites for hydroxylation is 2. The Morgan fingerprint density at radius 1 is 1.29 bits per heavy atom. The van der Waals surface area contributed by atoms with Gasteiger partial charge in [-0.1, -0.05) is 6.07 Å². The molecule has 1 amide bonds. The molecule has 0 aliphatic heterocycles. The fourth-order valence-electron chi connectivity index (χ4n) is 2.68. The van der Waals surface area contributed by atoms with Gasteiger partial charge >= 0.3 is 5.97 Å². The van der Waals surface area contributed by atoms with Crippen molar-refractivity contribution in [2.45, 2.75) is 40.0 Å². The number of hydrogen-bond acceptors (Lipinski definition) is 4. The summed E-state index contributed by atoms with van der Waals surface area (Å²) in [4.78, 5) is 28.4. The molecule has 6 heteroatoms. The third-order valence-electron chi connectivity index (χ3n) is 3.90. The molecule has 0 bridgehead atoms. The zero-order chi connectivity index (χ0) is 17.5. The summed E-state index contributed by atoms with van der Waals surface area (Å²) in [6.07, 6.45) is 1.83. The lowest BCUT2D eigenvalue weighted by Crippen LogP contribution is -2.25. The number of aromatic amines is 1. The molecule has 130 valence electrons. The average molecular weight is 348 g/mol. The topological polar surface area (TPSA) is 71.2 Å². The van der Waals surface area contributed by atoms with E-state index in [0.717, 1.165) is 23.4 Å². The fourth-order valence-corrected chi connectivity index (χ4v) is 3.39. The quantitative estimate of drug-likeness (QED) is 0.720. The number of rotatable bonds is 8. The molecule has 0 spiro atoms. The van der Waals surface area contributed by atoms with Gasteiger partial charge in [-0.25, -0.2) is 4.79 Å². The molecule has 2 heterocycles. The number of amides is 1. The van der Waals surface area contributed by atoms with Crippen LogP contribution in [0.1, 0.15) is 45.5 Å². The summed E-state index contributed by atoms with van der Waals surface area (Å²) in [5, 5.41) is 4.97. The number of thiophene rings is 1. The van der Waals surface area contributed by atoms with Crippen molar-refractivity contribution < 1.29 is 14.3 Å². The Bertz CT molecular complexity index is 689. The molecule has 0 radical (unpaired) electrons. The normalized spacial score (nSPS) is 10.6. The fraction of sp³-hybridized carbons (Fsp3) is 0.444. The molecule has 0 saturated carbocycles. The van der Waals surface area contributed by atoms with Crippen LogP contribution in [0.5, 0.6) is 0 Å². The van der Waals surface area contributed by atoms with Crippen LogP contribution in [-0.4, -0.2) is 30.0 Å². The van der Waals surface area contributed by atoms with E-state index in [1.807, 2.05) is 25.3 Å². The third kappa shape index (κ3) is 4.71. The lowest BCUT2D eigenvalue weighted by atomic mass is 10.1. The summed E-state index contributed by atoms with van der Waals surface area (Å²) in [5.74, 6) is -0.286. The molecule has 0 aromatic carbocycles. The molecular weight excluding hydrogens is 324 g/mol. The molecule has 2 rings (SSSR count). The van der Waals surface area contributed by atoms with E-state index in [-0.39, 0.29) is 11.9 Å². The van der Waals surface area contributed by atoms with Crippen LogP contribution in [0, 0.1) is 13.8 Å². The minimum atomic E-state index is -0.310. The van der Waals surface area contributed by atoms with Crippen LogP contribution < -0.4 is 5.32 Å². The number of carbonyl (C=O) groups excluding carboxylic acids is 2. The third-order valence-corrected chi connectivity index (χ3v) is 4.83. The molecule has 0 aliphatic rings. The van der Waals surface area contributed by atoms with Gasteiger partial charge in [-0.05, 0) is 50.6 Å². The lowest BCUT2D eigenvalue weighted by molar-refractivity contribution is -0.121. The number of esters is 1. The van der Waals surface area contributed by atoms with E-state index >= 15 is 0 Å². The predicted octanol–water partition coefficient (Wildman–Crippen LogP) is 3.16. The zero-order valence-corrected chi connectivity index (χ0v) is 15.2. The van der Waals surface area contributed by atoms with Crippen LogP contribution in [0.4, 0.5) is 0 Å². The van der Waals surface area contributed by atoms with E-state index < -0.39 is 0 Å². The van der Waals surface area contributed by atoms with Crippen LogP contribution in [0.15, 0.2) is 17.5 Å². The van der Waals surface area contributed by atoms with E-state index in [9.17, 15) is 9.59 Å². The Labute approximate surface area is 146 Å². The van der Waals surface area contributed by atoms with Crippen molar-refractivity contribution in [3.63, 3.8) is 0 Å². The van der Waals surface area contributed by atoms with Crippen molar-refractivity contribution >= 4 is 23.2 Å². The second-order valence-electron chi connectivity index (χ2n) is 5.63. The van der Waals surface area contributed by atoms with Crippen molar-refractivity contribution in [2.24, 2.45) is 0 Å². The molecule has 0 unspecified atom stereocenters. The standard InChI is InChI=1S/C18H24N2O3S/c1-4-23-18(22)17-12(2)15(20-13(17)3)7-8-16(21)19-10-9-14-6-5-11-24-14/h5-6,11,20H,4,7-10H2,1-3H3,(H,19,21). The maximum absolute atomic E-state index is 12.0. The van der Waals surface area contributed by atoms with Gasteiger partial charge in [0.2, 0.25) is 5.91 Å². The first-order valence-corrected chi connectivity index (χ1v) is 9.05. The Balaban J connectivity index is 1.84. The minimum absolute atomic E-state index is 0.0240. The summed E-state index contributed by atoms with van der Waals surface area (Å²) in [6.45, 7) is 6.53. The highest BCUT2D eigenvalue weighted by atomic mass is 32.1. The van der Waals surface area contributed by atoms with Gasteiger partial charge in [0.25, 0.3) is 0 Å². The van der Waals surface area contributed by atoms with Crippen LogP contribution >= 0.6 is 11.3 Å². The van der Waals surface area contributed by atoms with E-state index in [2.05, 4.69) is 16.4 Å². The maximum atomic E-state index is 12.0. The largest absolute Gasteiger partial charge is 0.462 e. The van der Waals surface area contributed by atoms with Crippen molar-refractivity contribution in [1.29, 1.82) is 0 Å². The highest BCUT2D eigenvalue weighted by Gasteiger charge is 2.19. The number of carbonyl (C=O) groups is 2. The van der Waals surface area contributed by atoms with Gasteiger partial charge in [-0.15, -0.1) is 11.3 Å². The maximum Gasteiger partial charge on any atom is 0.340 e. The smallest absolute Gasteiger partial charge is 0.340 e. The van der Waals surface area contributed by atoms with Crippen molar-refractivity contribution in [1.82, 2.24) is 10.3 Å². The molecule has 2 aromatic rings. The first-order valence-electron chi connectivity index (χ1n) is 8.17. The highest BCUT2D eigenvalue weighted by molar-refractivity contribution is 7.09. The molecule has 2 N–H and O–H groups in total. The van der Waals surface area contributed by atoms with Crippen LogP contribution in [0.25, 0.3) is 0 Å². The summed E-state index contributed by atoms with van der Waals surface area (Å²) in [5.41, 5.74) is 3.17. The van der Waals surface area contributed by atoms with Gasteiger partial charge in [-0.3, -0.25) is 4.79 Å². The number of aromatic nitrogens is 1. The van der Waals surface area contributed by atoms with E-state index in [4.69, 9.17) is 4.74 Å². The Morgan fingerprint density at radius 2 is 2.08 bits per heavy atom. The van der Waals surface area contributed by atoms with Crippen LogP contribution in [0.3, 0.4) is 0 Å². The first-order chi connectivity index (χ1) is 11.5. The molecule has 0 fully saturated rings. The lowest BCUT2D eigenvalue weighted by Gasteiger charge is -2.05.